The summed E-state index contributed by atoms with van der Waals surface area (Å²) in [5.74, 6) is -1.20. The van der Waals surface area contributed by atoms with Gasteiger partial charge in [0, 0.05) is 24.8 Å². The molecule has 1 aromatic heterocycles. The van der Waals surface area contributed by atoms with E-state index in [1.807, 2.05) is 30.3 Å². The number of ketones is 1. The number of aliphatic hydroxyl groups excluding tert-OH is 1. The molecule has 126 valence electrons. The predicted molar refractivity (Wildman–Crippen MR) is 88.9 cm³/mol. The van der Waals surface area contributed by atoms with Gasteiger partial charge in [0.05, 0.1) is 17.4 Å². The highest BCUT2D eigenvalue weighted by atomic mass is 16.3. The van der Waals surface area contributed by atoms with Crippen molar-refractivity contribution in [2.24, 2.45) is 5.92 Å². The maximum Gasteiger partial charge on any atom is 0.292 e. The Bertz CT molecular complexity index is 711. The number of para-hydroxylation sites is 1. The van der Waals surface area contributed by atoms with E-state index in [-0.39, 0.29) is 24.1 Å². The third-order valence-electron chi connectivity index (χ3n) is 4.53. The number of Topliss-reactive ketones (excluding diaryl/α,β-unsaturated/α-hetero) is 1. The molecule has 1 aliphatic rings. The van der Waals surface area contributed by atoms with E-state index in [9.17, 15) is 14.7 Å². The lowest BCUT2D eigenvalue weighted by Crippen LogP contribution is -2.46. The standard InChI is InChI=1S/C18H21N3O3/c22-12-13-6-4-5-9-16(13)20-18(24)17(23)14-10-19-21(11-14)15-7-2-1-3-8-15/h1-3,7-8,10-11,13,16,22H,4-6,9,12H2,(H,20,24). The molecule has 1 fully saturated rings. The minimum absolute atomic E-state index is 0.0301. The van der Waals surface area contributed by atoms with Crippen LogP contribution >= 0.6 is 0 Å². The first kappa shape index (κ1) is 16.4. The van der Waals surface area contributed by atoms with Crippen molar-refractivity contribution in [1.29, 1.82) is 0 Å². The summed E-state index contributed by atoms with van der Waals surface area (Å²) in [7, 11) is 0. The fourth-order valence-electron chi connectivity index (χ4n) is 3.14. The van der Waals surface area contributed by atoms with Crippen LogP contribution in [0.15, 0.2) is 42.7 Å². The molecule has 1 aromatic carbocycles. The Balaban J connectivity index is 1.68. The average molecular weight is 327 g/mol. The maximum atomic E-state index is 12.3. The predicted octanol–water partition coefficient (Wildman–Crippen LogP) is 1.72. The highest BCUT2D eigenvalue weighted by Gasteiger charge is 2.28. The molecule has 0 saturated heterocycles. The zero-order valence-electron chi connectivity index (χ0n) is 13.4. The number of hydrogen-bond donors (Lipinski definition) is 2. The van der Waals surface area contributed by atoms with Gasteiger partial charge in [-0.15, -0.1) is 0 Å². The van der Waals surface area contributed by atoms with Crippen LogP contribution in [-0.4, -0.2) is 39.2 Å². The van der Waals surface area contributed by atoms with E-state index >= 15 is 0 Å². The molecule has 1 heterocycles. The normalized spacial score (nSPS) is 20.5. The topological polar surface area (TPSA) is 84.2 Å². The van der Waals surface area contributed by atoms with Crippen LogP contribution in [0.5, 0.6) is 0 Å². The fourth-order valence-corrected chi connectivity index (χ4v) is 3.14. The van der Waals surface area contributed by atoms with Gasteiger partial charge in [-0.05, 0) is 25.0 Å². The van der Waals surface area contributed by atoms with Crippen LogP contribution in [0.25, 0.3) is 5.69 Å². The summed E-state index contributed by atoms with van der Waals surface area (Å²) in [4.78, 5) is 24.6. The molecule has 6 nitrogen and oxygen atoms in total. The number of carbonyl (C=O) groups is 2. The maximum absolute atomic E-state index is 12.3. The molecule has 2 N–H and O–H groups in total. The van der Waals surface area contributed by atoms with Gasteiger partial charge >= 0.3 is 0 Å². The van der Waals surface area contributed by atoms with E-state index in [0.717, 1.165) is 31.4 Å². The molecule has 0 aliphatic heterocycles. The van der Waals surface area contributed by atoms with Crippen LogP contribution in [0.2, 0.25) is 0 Å². The summed E-state index contributed by atoms with van der Waals surface area (Å²) in [5.41, 5.74) is 1.08. The molecule has 0 spiro atoms. The van der Waals surface area contributed by atoms with Crippen molar-refractivity contribution < 1.29 is 14.7 Å². The van der Waals surface area contributed by atoms with E-state index in [1.165, 1.54) is 6.20 Å². The summed E-state index contributed by atoms with van der Waals surface area (Å²) in [6, 6.07) is 9.26. The molecular formula is C18H21N3O3. The lowest BCUT2D eigenvalue weighted by atomic mass is 9.85. The van der Waals surface area contributed by atoms with Gasteiger partial charge in [-0.3, -0.25) is 9.59 Å². The Kier molecular flexibility index (Phi) is 5.05. The van der Waals surface area contributed by atoms with Crippen LogP contribution in [0.1, 0.15) is 36.0 Å². The third-order valence-corrected chi connectivity index (χ3v) is 4.53. The fraction of sp³-hybridized carbons (Fsp3) is 0.389. The first-order valence-electron chi connectivity index (χ1n) is 8.25. The summed E-state index contributed by atoms with van der Waals surface area (Å²) < 4.78 is 1.57. The van der Waals surface area contributed by atoms with Gasteiger partial charge in [-0.25, -0.2) is 4.68 Å². The van der Waals surface area contributed by atoms with Gasteiger partial charge in [-0.2, -0.15) is 5.10 Å². The number of amides is 1. The number of carbonyl (C=O) groups excluding carboxylic acids is 2. The van der Waals surface area contributed by atoms with Crippen LogP contribution in [0.4, 0.5) is 0 Å². The Morgan fingerprint density at radius 1 is 1.21 bits per heavy atom. The van der Waals surface area contributed by atoms with Gasteiger partial charge in [-0.1, -0.05) is 31.0 Å². The van der Waals surface area contributed by atoms with Gasteiger partial charge in [0.15, 0.2) is 0 Å². The van der Waals surface area contributed by atoms with Crippen molar-refractivity contribution in [2.45, 2.75) is 31.7 Å². The zero-order chi connectivity index (χ0) is 16.9. The number of rotatable bonds is 5. The second-order valence-electron chi connectivity index (χ2n) is 6.15. The van der Waals surface area contributed by atoms with Crippen molar-refractivity contribution in [3.63, 3.8) is 0 Å². The third kappa shape index (κ3) is 3.54. The molecule has 1 amide bonds. The molecule has 2 unspecified atom stereocenters. The van der Waals surface area contributed by atoms with E-state index < -0.39 is 11.7 Å². The van der Waals surface area contributed by atoms with Crippen molar-refractivity contribution in [2.75, 3.05) is 6.61 Å². The number of nitrogens with zero attached hydrogens (tertiary/aromatic N) is 2. The SMILES string of the molecule is O=C(NC1CCCCC1CO)C(=O)c1cnn(-c2ccccc2)c1. The summed E-state index contributed by atoms with van der Waals surface area (Å²) in [5, 5.41) is 16.3. The number of aromatic nitrogens is 2. The Morgan fingerprint density at radius 3 is 2.71 bits per heavy atom. The average Bonchev–Trinajstić information content (AvgIpc) is 3.12. The van der Waals surface area contributed by atoms with Crippen LogP contribution in [-0.2, 0) is 4.79 Å². The molecule has 2 atom stereocenters. The molecule has 0 radical (unpaired) electrons. The van der Waals surface area contributed by atoms with Crippen molar-refractivity contribution in [3.05, 3.63) is 48.3 Å². The summed E-state index contributed by atoms with van der Waals surface area (Å²) in [6.07, 6.45) is 6.69. The molecular weight excluding hydrogens is 306 g/mol. The molecule has 1 aliphatic carbocycles. The Morgan fingerprint density at radius 2 is 1.96 bits per heavy atom. The van der Waals surface area contributed by atoms with Crippen molar-refractivity contribution >= 4 is 11.7 Å². The van der Waals surface area contributed by atoms with Crippen molar-refractivity contribution in [1.82, 2.24) is 15.1 Å². The largest absolute Gasteiger partial charge is 0.396 e. The Labute approximate surface area is 140 Å². The quantitative estimate of drug-likeness (QED) is 0.647. The second kappa shape index (κ2) is 7.40. The molecule has 2 aromatic rings. The first-order chi connectivity index (χ1) is 11.7. The second-order valence-corrected chi connectivity index (χ2v) is 6.15. The lowest BCUT2D eigenvalue weighted by Gasteiger charge is -2.30. The summed E-state index contributed by atoms with van der Waals surface area (Å²) >= 11 is 0. The van der Waals surface area contributed by atoms with Gasteiger partial charge < -0.3 is 10.4 Å². The highest BCUT2D eigenvalue weighted by Crippen LogP contribution is 2.24. The van der Waals surface area contributed by atoms with Gasteiger partial charge in [0.2, 0.25) is 0 Å². The van der Waals surface area contributed by atoms with Gasteiger partial charge in [0.1, 0.15) is 0 Å². The highest BCUT2D eigenvalue weighted by molar-refractivity contribution is 6.42. The number of benzene rings is 1. The minimum Gasteiger partial charge on any atom is -0.396 e. The van der Waals surface area contributed by atoms with E-state index in [2.05, 4.69) is 10.4 Å². The molecule has 6 heteroatoms. The van der Waals surface area contributed by atoms with Crippen LogP contribution in [0.3, 0.4) is 0 Å². The molecule has 24 heavy (non-hydrogen) atoms. The van der Waals surface area contributed by atoms with Gasteiger partial charge in [0.25, 0.3) is 11.7 Å². The van der Waals surface area contributed by atoms with Crippen LogP contribution in [0, 0.1) is 5.92 Å². The number of hydrogen-bond acceptors (Lipinski definition) is 4. The molecule has 1 saturated carbocycles. The van der Waals surface area contributed by atoms with E-state index in [0.29, 0.717) is 0 Å². The zero-order valence-corrected chi connectivity index (χ0v) is 13.4. The Hall–Kier alpha value is -2.47. The van der Waals surface area contributed by atoms with Crippen LogP contribution < -0.4 is 5.32 Å². The smallest absolute Gasteiger partial charge is 0.292 e. The minimum atomic E-state index is -0.632. The first-order valence-corrected chi connectivity index (χ1v) is 8.25. The monoisotopic (exact) mass is 327 g/mol. The van der Waals surface area contributed by atoms with E-state index in [1.54, 1.807) is 10.9 Å². The summed E-state index contributed by atoms with van der Waals surface area (Å²) in [6.45, 7) is 0.0328. The number of nitrogens with one attached hydrogen (secondary N) is 1. The molecule has 3 rings (SSSR count). The lowest BCUT2D eigenvalue weighted by molar-refractivity contribution is -0.118. The van der Waals surface area contributed by atoms with Crippen molar-refractivity contribution in [3.8, 4) is 5.69 Å². The van der Waals surface area contributed by atoms with E-state index in [4.69, 9.17) is 0 Å². The molecule has 0 bridgehead atoms. The number of aliphatic hydroxyl groups is 1.